The number of fused-ring (bicyclic) bond motifs is 1. The first-order valence-electron chi connectivity index (χ1n) is 6.24. The molecular formula is C15H13Br2NO2. The lowest BCUT2D eigenvalue weighted by Gasteiger charge is -2.17. The van der Waals surface area contributed by atoms with E-state index in [1.54, 1.807) is 0 Å². The number of anilines is 1. The predicted octanol–water partition coefficient (Wildman–Crippen LogP) is 5.11. The van der Waals surface area contributed by atoms with Crippen LogP contribution in [0.2, 0.25) is 0 Å². The van der Waals surface area contributed by atoms with Crippen LogP contribution in [-0.2, 0) is 0 Å². The average molecular weight is 399 g/mol. The molecule has 0 fully saturated rings. The third-order valence-electron chi connectivity index (χ3n) is 3.18. The largest absolute Gasteiger partial charge is 0.454 e. The Bertz CT molecular complexity index is 646. The molecule has 0 saturated heterocycles. The molecule has 5 heteroatoms. The van der Waals surface area contributed by atoms with Gasteiger partial charge in [-0.3, -0.25) is 0 Å². The summed E-state index contributed by atoms with van der Waals surface area (Å²) in [5, 5.41) is 3.47. The smallest absolute Gasteiger partial charge is 0.231 e. The predicted molar refractivity (Wildman–Crippen MR) is 86.4 cm³/mol. The highest BCUT2D eigenvalue weighted by Gasteiger charge is 2.15. The maximum Gasteiger partial charge on any atom is 0.231 e. The maximum absolute atomic E-state index is 5.39. The highest BCUT2D eigenvalue weighted by Crippen LogP contribution is 2.36. The third-order valence-corrected chi connectivity index (χ3v) is 4.36. The summed E-state index contributed by atoms with van der Waals surface area (Å²) in [5.74, 6) is 1.59. The lowest BCUT2D eigenvalue weighted by Crippen LogP contribution is -2.07. The van der Waals surface area contributed by atoms with Crippen molar-refractivity contribution in [3.63, 3.8) is 0 Å². The molecule has 0 bridgehead atoms. The van der Waals surface area contributed by atoms with E-state index >= 15 is 0 Å². The highest BCUT2D eigenvalue weighted by atomic mass is 79.9. The molecule has 20 heavy (non-hydrogen) atoms. The van der Waals surface area contributed by atoms with Gasteiger partial charge in [0.2, 0.25) is 6.79 Å². The molecular weight excluding hydrogens is 386 g/mol. The molecule has 1 atom stereocenters. The van der Waals surface area contributed by atoms with E-state index in [4.69, 9.17) is 9.47 Å². The van der Waals surface area contributed by atoms with E-state index in [-0.39, 0.29) is 6.04 Å². The zero-order valence-corrected chi connectivity index (χ0v) is 14.0. The number of ether oxygens (including phenoxy) is 2. The minimum atomic E-state index is 0.179. The van der Waals surface area contributed by atoms with Crippen LogP contribution in [0.5, 0.6) is 11.5 Å². The molecule has 0 radical (unpaired) electrons. The molecule has 1 unspecified atom stereocenters. The first-order valence-corrected chi connectivity index (χ1v) is 7.83. The summed E-state index contributed by atoms with van der Waals surface area (Å²) in [5.41, 5.74) is 2.21. The van der Waals surface area contributed by atoms with Crippen LogP contribution >= 0.6 is 31.9 Å². The Labute approximate surface area is 134 Å². The van der Waals surface area contributed by atoms with Crippen LogP contribution in [-0.4, -0.2) is 6.79 Å². The molecule has 2 aromatic rings. The van der Waals surface area contributed by atoms with Crippen LogP contribution in [0.4, 0.5) is 5.69 Å². The van der Waals surface area contributed by atoms with Crippen LogP contribution < -0.4 is 14.8 Å². The second-order valence-corrected chi connectivity index (χ2v) is 6.37. The maximum atomic E-state index is 5.39. The summed E-state index contributed by atoms with van der Waals surface area (Å²) in [6.07, 6.45) is 0. The van der Waals surface area contributed by atoms with Crippen molar-refractivity contribution in [1.29, 1.82) is 0 Å². The van der Waals surface area contributed by atoms with Gasteiger partial charge < -0.3 is 14.8 Å². The fourth-order valence-electron chi connectivity index (χ4n) is 2.17. The van der Waals surface area contributed by atoms with Gasteiger partial charge in [0.15, 0.2) is 11.5 Å². The molecule has 0 saturated carbocycles. The van der Waals surface area contributed by atoms with E-state index < -0.39 is 0 Å². The molecule has 0 amide bonds. The van der Waals surface area contributed by atoms with Crippen LogP contribution in [0.25, 0.3) is 0 Å². The fraction of sp³-hybridized carbons (Fsp3) is 0.200. The van der Waals surface area contributed by atoms with Gasteiger partial charge in [-0.15, -0.1) is 0 Å². The van der Waals surface area contributed by atoms with Gasteiger partial charge in [-0.25, -0.2) is 0 Å². The zero-order chi connectivity index (χ0) is 14.1. The van der Waals surface area contributed by atoms with Gasteiger partial charge in [-0.05, 0) is 36.8 Å². The second kappa shape index (κ2) is 5.66. The standard InChI is InChI=1S/C15H13Br2NO2/c1-9(12-4-2-10(16)6-13(12)17)18-11-3-5-14-15(7-11)20-8-19-14/h2-7,9,18H,8H2,1H3. The Kier molecular flexibility index (Phi) is 3.89. The zero-order valence-electron chi connectivity index (χ0n) is 10.8. The van der Waals surface area contributed by atoms with Crippen LogP contribution in [0.15, 0.2) is 45.3 Å². The first kappa shape index (κ1) is 13.8. The number of rotatable bonds is 3. The van der Waals surface area contributed by atoms with E-state index in [2.05, 4.69) is 50.2 Å². The normalized spacial score (nSPS) is 14.2. The lowest BCUT2D eigenvalue weighted by atomic mass is 10.1. The summed E-state index contributed by atoms with van der Waals surface area (Å²) < 4.78 is 12.8. The fourth-order valence-corrected chi connectivity index (χ4v) is 3.56. The number of halogens is 2. The highest BCUT2D eigenvalue weighted by molar-refractivity contribution is 9.11. The van der Waals surface area contributed by atoms with Crippen molar-refractivity contribution >= 4 is 37.5 Å². The number of hydrogen-bond acceptors (Lipinski definition) is 3. The SMILES string of the molecule is CC(Nc1ccc2c(c1)OCO2)c1ccc(Br)cc1Br. The van der Waals surface area contributed by atoms with E-state index in [1.165, 1.54) is 5.56 Å². The Balaban J connectivity index is 1.80. The molecule has 0 spiro atoms. The van der Waals surface area contributed by atoms with Gasteiger partial charge >= 0.3 is 0 Å². The molecule has 104 valence electrons. The Morgan fingerprint density at radius 2 is 1.85 bits per heavy atom. The summed E-state index contributed by atoms with van der Waals surface area (Å²) >= 11 is 7.06. The van der Waals surface area contributed by atoms with Gasteiger partial charge in [0.1, 0.15) is 0 Å². The van der Waals surface area contributed by atoms with Crippen molar-refractivity contribution in [2.24, 2.45) is 0 Å². The van der Waals surface area contributed by atoms with Crippen molar-refractivity contribution in [1.82, 2.24) is 0 Å². The number of hydrogen-bond donors (Lipinski definition) is 1. The van der Waals surface area contributed by atoms with Crippen LogP contribution in [0.1, 0.15) is 18.5 Å². The van der Waals surface area contributed by atoms with Crippen molar-refractivity contribution in [2.45, 2.75) is 13.0 Å². The lowest BCUT2D eigenvalue weighted by molar-refractivity contribution is 0.174. The molecule has 1 N–H and O–H groups in total. The van der Waals surface area contributed by atoms with Gasteiger partial charge in [0.05, 0.1) is 0 Å². The molecule has 0 aromatic heterocycles. The summed E-state index contributed by atoms with van der Waals surface area (Å²) in [7, 11) is 0. The molecule has 1 aliphatic heterocycles. The summed E-state index contributed by atoms with van der Waals surface area (Å²) in [6, 6.07) is 12.2. The Hall–Kier alpha value is -1.20. The van der Waals surface area contributed by atoms with Crippen LogP contribution in [0, 0.1) is 0 Å². The Morgan fingerprint density at radius 3 is 2.65 bits per heavy atom. The van der Waals surface area contributed by atoms with Gasteiger partial charge in [0, 0.05) is 26.7 Å². The Morgan fingerprint density at radius 1 is 1.05 bits per heavy atom. The summed E-state index contributed by atoms with van der Waals surface area (Å²) in [4.78, 5) is 0. The number of benzene rings is 2. The van der Waals surface area contributed by atoms with Crippen LogP contribution in [0.3, 0.4) is 0 Å². The third kappa shape index (κ3) is 2.79. The van der Waals surface area contributed by atoms with E-state index in [1.807, 2.05) is 30.3 Å². The van der Waals surface area contributed by atoms with E-state index in [9.17, 15) is 0 Å². The number of nitrogens with one attached hydrogen (secondary N) is 1. The topological polar surface area (TPSA) is 30.5 Å². The van der Waals surface area contributed by atoms with Gasteiger partial charge in [0.25, 0.3) is 0 Å². The molecule has 3 rings (SSSR count). The van der Waals surface area contributed by atoms with E-state index in [0.717, 1.165) is 26.1 Å². The minimum Gasteiger partial charge on any atom is -0.454 e. The van der Waals surface area contributed by atoms with Crippen molar-refractivity contribution in [3.05, 3.63) is 50.9 Å². The van der Waals surface area contributed by atoms with Crippen molar-refractivity contribution < 1.29 is 9.47 Å². The molecule has 3 nitrogen and oxygen atoms in total. The molecule has 2 aromatic carbocycles. The molecule has 1 aliphatic rings. The average Bonchev–Trinajstić information content (AvgIpc) is 2.85. The first-order chi connectivity index (χ1) is 9.63. The molecule has 1 heterocycles. The van der Waals surface area contributed by atoms with Gasteiger partial charge in [-0.1, -0.05) is 37.9 Å². The quantitative estimate of drug-likeness (QED) is 0.778. The molecule has 0 aliphatic carbocycles. The summed E-state index contributed by atoms with van der Waals surface area (Å²) in [6.45, 7) is 2.42. The minimum absolute atomic E-state index is 0.179. The monoisotopic (exact) mass is 397 g/mol. The van der Waals surface area contributed by atoms with Gasteiger partial charge in [-0.2, -0.15) is 0 Å². The second-order valence-electron chi connectivity index (χ2n) is 4.60. The van der Waals surface area contributed by atoms with Crippen molar-refractivity contribution in [3.8, 4) is 11.5 Å². The van der Waals surface area contributed by atoms with Crippen molar-refractivity contribution in [2.75, 3.05) is 12.1 Å². The van der Waals surface area contributed by atoms with E-state index in [0.29, 0.717) is 6.79 Å².